The lowest BCUT2D eigenvalue weighted by Crippen LogP contribution is -2.49. The van der Waals surface area contributed by atoms with Crippen molar-refractivity contribution in [2.24, 2.45) is 4.99 Å². The molecule has 44 heavy (non-hydrogen) atoms. The maximum Gasteiger partial charge on any atom is 0.407 e. The van der Waals surface area contributed by atoms with Crippen molar-refractivity contribution >= 4 is 34.5 Å². The van der Waals surface area contributed by atoms with E-state index in [-0.39, 0.29) is 24.7 Å². The molecule has 0 saturated carbocycles. The Morgan fingerprint density at radius 1 is 1.14 bits per heavy atom. The first-order chi connectivity index (χ1) is 21.2. The molecule has 6 rings (SSSR count). The SMILES string of the molecule is CC#CCn1c(N2CCC[C@H](NC(=O)OC(C)(C)C)C2)nc2cnn(CC3=Nc4ccccc4Oc4ccccc43)c(=O)c21. The van der Waals surface area contributed by atoms with Gasteiger partial charge in [0.25, 0.3) is 5.56 Å². The van der Waals surface area contributed by atoms with E-state index in [0.717, 1.165) is 24.9 Å². The van der Waals surface area contributed by atoms with Crippen molar-refractivity contribution in [2.75, 3.05) is 18.0 Å². The second-order valence-electron chi connectivity index (χ2n) is 11.8. The molecule has 4 heterocycles. The molecular weight excluding hydrogens is 558 g/mol. The Morgan fingerprint density at radius 2 is 1.91 bits per heavy atom. The van der Waals surface area contributed by atoms with Gasteiger partial charge in [0.1, 0.15) is 28.1 Å². The van der Waals surface area contributed by atoms with Gasteiger partial charge >= 0.3 is 6.09 Å². The Kier molecular flexibility index (Phi) is 7.82. The van der Waals surface area contributed by atoms with E-state index in [2.05, 4.69) is 27.2 Å². The highest BCUT2D eigenvalue weighted by Gasteiger charge is 2.28. The van der Waals surface area contributed by atoms with Gasteiger partial charge in [0, 0.05) is 24.7 Å². The lowest BCUT2D eigenvalue weighted by molar-refractivity contribution is 0.0499. The zero-order valence-corrected chi connectivity index (χ0v) is 25.3. The summed E-state index contributed by atoms with van der Waals surface area (Å²) in [4.78, 5) is 38.4. The normalized spacial score (nSPS) is 16.0. The van der Waals surface area contributed by atoms with Crippen molar-refractivity contribution in [1.29, 1.82) is 0 Å². The number of carbonyl (C=O) groups is 1. The van der Waals surface area contributed by atoms with Crippen LogP contribution in [-0.4, -0.2) is 55.9 Å². The lowest BCUT2D eigenvalue weighted by atomic mass is 10.1. The van der Waals surface area contributed by atoms with Crippen LogP contribution < -0.4 is 20.5 Å². The number of para-hydroxylation sites is 3. The van der Waals surface area contributed by atoms with Crippen LogP contribution in [0.25, 0.3) is 11.0 Å². The minimum absolute atomic E-state index is 0.127. The van der Waals surface area contributed by atoms with Crippen molar-refractivity contribution < 1.29 is 14.3 Å². The number of fused-ring (bicyclic) bond motifs is 3. The fourth-order valence-electron chi connectivity index (χ4n) is 5.50. The molecule has 11 nitrogen and oxygen atoms in total. The van der Waals surface area contributed by atoms with Crippen molar-refractivity contribution in [2.45, 2.75) is 65.3 Å². The van der Waals surface area contributed by atoms with Crippen molar-refractivity contribution in [3.8, 4) is 23.3 Å². The first-order valence-corrected chi connectivity index (χ1v) is 14.7. The highest BCUT2D eigenvalue weighted by atomic mass is 16.6. The average molecular weight is 594 g/mol. The molecule has 1 saturated heterocycles. The molecule has 2 aliphatic rings. The van der Waals surface area contributed by atoms with Crippen LogP contribution >= 0.6 is 0 Å². The standard InChI is InChI=1S/C33H35N7O4/c1-5-6-18-39-29-25(37-31(39)38-17-11-12-22(20-38)35-32(42)44-33(2,3)4)19-34-40(30(29)41)21-26-23-13-7-9-15-27(23)43-28-16-10-8-14-24(28)36-26/h7-10,13-16,19,22H,11-12,17-18,20-21H2,1-4H3,(H,35,42)/t22-/m0/s1. The first kappa shape index (κ1) is 29.0. The largest absolute Gasteiger partial charge is 0.454 e. The van der Waals surface area contributed by atoms with Gasteiger partial charge in [-0.2, -0.15) is 5.10 Å². The van der Waals surface area contributed by atoms with Crippen LogP contribution in [0.3, 0.4) is 0 Å². The minimum Gasteiger partial charge on any atom is -0.454 e. The number of aromatic nitrogens is 4. The number of hydrogen-bond donors (Lipinski definition) is 1. The van der Waals surface area contributed by atoms with Crippen molar-refractivity contribution in [1.82, 2.24) is 24.6 Å². The van der Waals surface area contributed by atoms with E-state index in [0.29, 0.717) is 46.4 Å². The lowest BCUT2D eigenvalue weighted by Gasteiger charge is -2.34. The fourth-order valence-corrected chi connectivity index (χ4v) is 5.50. The number of rotatable bonds is 5. The van der Waals surface area contributed by atoms with Crippen molar-refractivity contribution in [3.63, 3.8) is 0 Å². The van der Waals surface area contributed by atoms with Gasteiger partial charge in [0.2, 0.25) is 5.95 Å². The summed E-state index contributed by atoms with van der Waals surface area (Å²) in [6, 6.07) is 15.1. The number of alkyl carbamates (subject to hydrolysis) is 1. The summed E-state index contributed by atoms with van der Waals surface area (Å²) in [5, 5.41) is 7.50. The molecule has 11 heteroatoms. The Labute approximate surface area is 255 Å². The van der Waals surface area contributed by atoms with Crippen molar-refractivity contribution in [3.05, 3.63) is 70.6 Å². The van der Waals surface area contributed by atoms with E-state index in [4.69, 9.17) is 19.5 Å². The Bertz CT molecular complexity index is 1870. The first-order valence-electron chi connectivity index (χ1n) is 14.7. The number of nitrogens with one attached hydrogen (secondary N) is 1. The van der Waals surface area contributed by atoms with Gasteiger partial charge in [0.05, 0.1) is 25.0 Å². The minimum atomic E-state index is -0.584. The molecule has 1 amide bonds. The summed E-state index contributed by atoms with van der Waals surface area (Å²) >= 11 is 0. The molecule has 2 aromatic heterocycles. The number of nitrogens with zero attached hydrogens (tertiary/aromatic N) is 6. The number of benzene rings is 2. The molecule has 2 aliphatic heterocycles. The molecule has 1 atom stereocenters. The topological polar surface area (TPSA) is 116 Å². The number of anilines is 1. The van der Waals surface area contributed by atoms with E-state index in [1.54, 1.807) is 13.1 Å². The smallest absolute Gasteiger partial charge is 0.407 e. The number of hydrogen-bond acceptors (Lipinski definition) is 8. The number of carbonyl (C=O) groups excluding carboxylic acids is 1. The van der Waals surface area contributed by atoms with Crippen LogP contribution in [0.1, 0.15) is 46.1 Å². The second kappa shape index (κ2) is 11.9. The number of ether oxygens (including phenoxy) is 2. The Hall–Kier alpha value is -5.11. The Morgan fingerprint density at radius 3 is 2.70 bits per heavy atom. The van der Waals surface area contributed by atoms with Crippen LogP contribution in [0.15, 0.2) is 64.5 Å². The van der Waals surface area contributed by atoms with Crippen LogP contribution in [0.5, 0.6) is 11.5 Å². The van der Waals surface area contributed by atoms with E-state index in [1.807, 2.05) is 73.9 Å². The molecule has 4 aromatic rings. The summed E-state index contributed by atoms with van der Waals surface area (Å²) in [5.74, 6) is 7.96. The molecule has 2 aromatic carbocycles. The molecule has 0 spiro atoms. The number of amides is 1. The monoisotopic (exact) mass is 593 g/mol. The molecule has 1 fully saturated rings. The van der Waals surface area contributed by atoms with Gasteiger partial charge in [-0.25, -0.2) is 19.5 Å². The zero-order valence-electron chi connectivity index (χ0n) is 25.3. The Balaban J connectivity index is 1.35. The van der Waals surface area contributed by atoms with Gasteiger partial charge in [0.15, 0.2) is 5.75 Å². The predicted molar refractivity (Wildman–Crippen MR) is 169 cm³/mol. The highest BCUT2D eigenvalue weighted by Crippen LogP contribution is 2.37. The van der Waals surface area contributed by atoms with Crippen LogP contribution in [0.4, 0.5) is 16.4 Å². The maximum atomic E-state index is 14.1. The third kappa shape index (κ3) is 6.01. The van der Waals surface area contributed by atoms with Crippen LogP contribution in [0, 0.1) is 11.8 Å². The zero-order chi connectivity index (χ0) is 30.8. The van der Waals surface area contributed by atoms with Crippen LogP contribution in [0.2, 0.25) is 0 Å². The molecule has 0 bridgehead atoms. The molecule has 0 radical (unpaired) electrons. The quantitative estimate of drug-likeness (QED) is 0.323. The van der Waals surface area contributed by atoms with Crippen LogP contribution in [-0.2, 0) is 17.8 Å². The van der Waals surface area contributed by atoms with E-state index >= 15 is 0 Å². The highest BCUT2D eigenvalue weighted by molar-refractivity contribution is 6.05. The van der Waals surface area contributed by atoms with E-state index in [1.165, 1.54) is 4.68 Å². The van der Waals surface area contributed by atoms with Gasteiger partial charge in [-0.15, -0.1) is 5.92 Å². The molecule has 0 unspecified atom stereocenters. The summed E-state index contributed by atoms with van der Waals surface area (Å²) < 4.78 is 14.9. The third-order valence-electron chi connectivity index (χ3n) is 7.41. The summed E-state index contributed by atoms with van der Waals surface area (Å²) in [7, 11) is 0. The van der Waals surface area contributed by atoms with Gasteiger partial charge in [-0.3, -0.25) is 9.36 Å². The fraction of sp³-hybridized carbons (Fsp3) is 0.364. The van der Waals surface area contributed by atoms with Gasteiger partial charge in [-0.05, 0) is 64.8 Å². The second-order valence-corrected chi connectivity index (χ2v) is 11.8. The molecule has 226 valence electrons. The van der Waals surface area contributed by atoms with E-state index in [9.17, 15) is 9.59 Å². The maximum absolute atomic E-state index is 14.1. The number of imidazole rings is 1. The number of piperidine rings is 1. The summed E-state index contributed by atoms with van der Waals surface area (Å²) in [5.41, 5.74) is 2.15. The third-order valence-corrected chi connectivity index (χ3v) is 7.41. The van der Waals surface area contributed by atoms with Gasteiger partial charge in [-0.1, -0.05) is 30.2 Å². The average Bonchev–Trinajstić information content (AvgIpc) is 3.28. The summed E-state index contributed by atoms with van der Waals surface area (Å²) in [6.07, 6.45) is 2.83. The predicted octanol–water partition coefficient (Wildman–Crippen LogP) is 5.04. The molecule has 1 N–H and O–H groups in total. The number of aliphatic imine (C=N–C) groups is 1. The molecule has 0 aliphatic carbocycles. The van der Waals surface area contributed by atoms with E-state index < -0.39 is 11.7 Å². The summed E-state index contributed by atoms with van der Waals surface area (Å²) in [6.45, 7) is 8.95. The van der Waals surface area contributed by atoms with Gasteiger partial charge < -0.3 is 19.7 Å². The molecular formula is C33H35N7O4.